The van der Waals surface area contributed by atoms with E-state index in [-0.39, 0.29) is 5.91 Å². The second kappa shape index (κ2) is 4.51. The molecule has 2 N–H and O–H groups in total. The van der Waals surface area contributed by atoms with Gasteiger partial charge < -0.3 is 10.6 Å². The summed E-state index contributed by atoms with van der Waals surface area (Å²) in [7, 11) is 0. The molecule has 1 fully saturated rings. The summed E-state index contributed by atoms with van der Waals surface area (Å²) in [5, 5.41) is 6.44. The molecule has 2 aliphatic rings. The third kappa shape index (κ3) is 2.09. The van der Waals surface area contributed by atoms with E-state index in [0.29, 0.717) is 0 Å². The van der Waals surface area contributed by atoms with Gasteiger partial charge in [0, 0.05) is 6.20 Å². The van der Waals surface area contributed by atoms with E-state index in [4.69, 9.17) is 0 Å². The Hall–Kier alpha value is -1.58. The fraction of sp³-hybridized carbons (Fsp3) is 0.600. The van der Waals surface area contributed by atoms with Gasteiger partial charge in [-0.3, -0.25) is 4.79 Å². The zero-order chi connectivity index (χ0) is 13.5. The largest absolute Gasteiger partial charge is 0.354 e. The van der Waals surface area contributed by atoms with Crippen LogP contribution in [0.15, 0.2) is 12.3 Å². The minimum atomic E-state index is -0.430. The number of pyridine rings is 1. The zero-order valence-electron chi connectivity index (χ0n) is 11.6. The molecule has 0 atom stereocenters. The lowest BCUT2D eigenvalue weighted by Gasteiger charge is -2.42. The molecule has 3 rings (SSSR count). The van der Waals surface area contributed by atoms with Gasteiger partial charge in [0.1, 0.15) is 5.54 Å². The second-order valence-electron chi connectivity index (χ2n) is 5.92. The number of hydrogen-bond donors (Lipinski definition) is 2. The molecule has 4 heteroatoms. The smallest absolute Gasteiger partial charge is 0.250 e. The van der Waals surface area contributed by atoms with Crippen molar-refractivity contribution in [2.24, 2.45) is 5.92 Å². The number of anilines is 2. The van der Waals surface area contributed by atoms with Crippen LogP contribution in [0.1, 0.15) is 44.6 Å². The molecular formula is C15H21N3O. The van der Waals surface area contributed by atoms with Crippen LogP contribution in [0.4, 0.5) is 11.5 Å². The molecule has 1 aromatic rings. The molecule has 2 heterocycles. The number of aromatic nitrogens is 1. The summed E-state index contributed by atoms with van der Waals surface area (Å²) in [4.78, 5) is 16.9. The van der Waals surface area contributed by atoms with Crippen LogP contribution in [0.2, 0.25) is 0 Å². The minimum Gasteiger partial charge on any atom is -0.354 e. The van der Waals surface area contributed by atoms with E-state index >= 15 is 0 Å². The normalized spacial score (nSPS) is 29.6. The molecule has 1 aromatic heterocycles. The summed E-state index contributed by atoms with van der Waals surface area (Å²) in [6, 6.07) is 1.97. The topological polar surface area (TPSA) is 54.0 Å². The van der Waals surface area contributed by atoms with Gasteiger partial charge in [0.2, 0.25) is 5.91 Å². The Kier molecular flexibility index (Phi) is 2.96. The van der Waals surface area contributed by atoms with E-state index in [1.54, 1.807) is 0 Å². The number of rotatable bonds is 1. The first-order chi connectivity index (χ1) is 9.13. The SMILES string of the molecule is CCC1CCC2(CC1)Nc1ncc(C)cc1NC2=O. The summed E-state index contributed by atoms with van der Waals surface area (Å²) in [6.45, 7) is 4.22. The maximum Gasteiger partial charge on any atom is 0.250 e. The highest BCUT2D eigenvalue weighted by molar-refractivity contribution is 6.05. The maximum atomic E-state index is 12.4. The number of nitrogens with zero attached hydrogens (tertiary/aromatic N) is 1. The van der Waals surface area contributed by atoms with Crippen molar-refractivity contribution in [3.05, 3.63) is 17.8 Å². The fourth-order valence-electron chi connectivity index (χ4n) is 3.22. The first-order valence-electron chi connectivity index (χ1n) is 7.19. The van der Waals surface area contributed by atoms with Gasteiger partial charge in [0.25, 0.3) is 0 Å². The van der Waals surface area contributed by atoms with Crippen LogP contribution >= 0.6 is 0 Å². The Morgan fingerprint density at radius 3 is 2.84 bits per heavy atom. The van der Waals surface area contributed by atoms with Gasteiger partial charge >= 0.3 is 0 Å². The summed E-state index contributed by atoms with van der Waals surface area (Å²) >= 11 is 0. The molecule has 0 bridgehead atoms. The van der Waals surface area contributed by atoms with E-state index < -0.39 is 5.54 Å². The predicted molar refractivity (Wildman–Crippen MR) is 76.2 cm³/mol. The molecule has 1 aliphatic carbocycles. The lowest BCUT2D eigenvalue weighted by molar-refractivity contribution is -0.121. The van der Waals surface area contributed by atoms with Crippen LogP contribution in [0, 0.1) is 12.8 Å². The van der Waals surface area contributed by atoms with Crippen molar-refractivity contribution in [2.75, 3.05) is 10.6 Å². The minimum absolute atomic E-state index is 0.113. The predicted octanol–water partition coefficient (Wildman–Crippen LogP) is 3.09. The van der Waals surface area contributed by atoms with E-state index in [2.05, 4.69) is 22.5 Å². The molecule has 1 amide bonds. The summed E-state index contributed by atoms with van der Waals surface area (Å²) in [5.41, 5.74) is 1.45. The fourth-order valence-corrected chi connectivity index (χ4v) is 3.22. The Bertz CT molecular complexity index is 504. The van der Waals surface area contributed by atoms with E-state index in [0.717, 1.165) is 48.7 Å². The van der Waals surface area contributed by atoms with Crippen LogP contribution < -0.4 is 10.6 Å². The number of aryl methyl sites for hydroxylation is 1. The Labute approximate surface area is 114 Å². The monoisotopic (exact) mass is 259 g/mol. The molecule has 0 unspecified atom stereocenters. The molecule has 102 valence electrons. The Morgan fingerprint density at radius 1 is 1.42 bits per heavy atom. The molecule has 0 saturated heterocycles. The highest BCUT2D eigenvalue weighted by Crippen LogP contribution is 2.40. The zero-order valence-corrected chi connectivity index (χ0v) is 11.6. The maximum absolute atomic E-state index is 12.4. The van der Waals surface area contributed by atoms with Gasteiger partial charge in [-0.25, -0.2) is 4.98 Å². The summed E-state index contributed by atoms with van der Waals surface area (Å²) < 4.78 is 0. The number of hydrogen-bond acceptors (Lipinski definition) is 3. The third-order valence-corrected chi connectivity index (χ3v) is 4.60. The average molecular weight is 259 g/mol. The van der Waals surface area contributed by atoms with Crippen LogP contribution in [0.3, 0.4) is 0 Å². The van der Waals surface area contributed by atoms with E-state index in [1.165, 1.54) is 6.42 Å². The van der Waals surface area contributed by atoms with Gasteiger partial charge in [0.05, 0.1) is 5.69 Å². The first-order valence-corrected chi connectivity index (χ1v) is 7.19. The van der Waals surface area contributed by atoms with Crippen molar-refractivity contribution in [3.8, 4) is 0 Å². The Balaban J connectivity index is 1.86. The van der Waals surface area contributed by atoms with Gasteiger partial charge in [-0.05, 0) is 50.2 Å². The van der Waals surface area contributed by atoms with Crippen molar-refractivity contribution in [1.29, 1.82) is 0 Å². The van der Waals surface area contributed by atoms with Crippen LogP contribution in [-0.4, -0.2) is 16.4 Å². The molecule has 19 heavy (non-hydrogen) atoms. The highest BCUT2D eigenvalue weighted by atomic mass is 16.2. The van der Waals surface area contributed by atoms with Crippen molar-refractivity contribution >= 4 is 17.4 Å². The van der Waals surface area contributed by atoms with E-state index in [9.17, 15) is 4.79 Å². The van der Waals surface area contributed by atoms with Crippen LogP contribution in [-0.2, 0) is 4.79 Å². The number of carbonyl (C=O) groups excluding carboxylic acids is 1. The van der Waals surface area contributed by atoms with Crippen molar-refractivity contribution < 1.29 is 4.79 Å². The van der Waals surface area contributed by atoms with Crippen molar-refractivity contribution in [1.82, 2.24) is 4.98 Å². The molecule has 1 saturated carbocycles. The summed E-state index contributed by atoms with van der Waals surface area (Å²) in [5.74, 6) is 1.70. The van der Waals surface area contributed by atoms with Crippen LogP contribution in [0.25, 0.3) is 0 Å². The second-order valence-corrected chi connectivity index (χ2v) is 5.92. The quantitative estimate of drug-likeness (QED) is 0.815. The third-order valence-electron chi connectivity index (χ3n) is 4.60. The highest BCUT2D eigenvalue weighted by Gasteiger charge is 2.44. The number of nitrogens with one attached hydrogen (secondary N) is 2. The van der Waals surface area contributed by atoms with Crippen LogP contribution in [0.5, 0.6) is 0 Å². The molecule has 0 radical (unpaired) electrons. The molecular weight excluding hydrogens is 238 g/mol. The number of amides is 1. The lowest BCUT2D eigenvalue weighted by Crippen LogP contribution is -2.54. The Morgan fingerprint density at radius 2 is 2.16 bits per heavy atom. The van der Waals surface area contributed by atoms with Gasteiger partial charge in [-0.1, -0.05) is 13.3 Å². The molecule has 1 aliphatic heterocycles. The van der Waals surface area contributed by atoms with Crippen molar-refractivity contribution in [2.45, 2.75) is 51.5 Å². The molecule has 1 spiro atoms. The first kappa shape index (κ1) is 12.5. The lowest BCUT2D eigenvalue weighted by atomic mass is 9.74. The molecule has 4 nitrogen and oxygen atoms in total. The standard InChI is InChI=1S/C15H21N3O/c1-3-11-4-6-15(7-5-11)14(19)17-12-8-10(2)9-16-13(12)18-15/h8-9,11H,3-7H2,1-2H3,(H,16,18)(H,17,19). The summed E-state index contributed by atoms with van der Waals surface area (Å²) in [6.07, 6.45) is 7.12. The van der Waals surface area contributed by atoms with Gasteiger partial charge in [-0.2, -0.15) is 0 Å². The van der Waals surface area contributed by atoms with Crippen molar-refractivity contribution in [3.63, 3.8) is 0 Å². The average Bonchev–Trinajstić information content (AvgIpc) is 2.42. The van der Waals surface area contributed by atoms with Gasteiger partial charge in [0.15, 0.2) is 5.82 Å². The van der Waals surface area contributed by atoms with Gasteiger partial charge in [-0.15, -0.1) is 0 Å². The molecule has 0 aromatic carbocycles. The number of fused-ring (bicyclic) bond motifs is 1. The van der Waals surface area contributed by atoms with E-state index in [1.807, 2.05) is 19.2 Å². The number of carbonyl (C=O) groups is 1.